The van der Waals surface area contributed by atoms with Crippen LogP contribution in [0.1, 0.15) is 110 Å². The summed E-state index contributed by atoms with van der Waals surface area (Å²) in [6.07, 6.45) is 19.5. The van der Waals surface area contributed by atoms with E-state index >= 15 is 0 Å². The van der Waals surface area contributed by atoms with Gasteiger partial charge in [-0.1, -0.05) is 97.3 Å². The summed E-state index contributed by atoms with van der Waals surface area (Å²) in [5.41, 5.74) is 0. The maximum Gasteiger partial charge on any atom is 0.0586 e. The van der Waals surface area contributed by atoms with E-state index in [1.54, 1.807) is 0 Å². The highest BCUT2D eigenvalue weighted by atomic mass is 16.3. The minimum atomic E-state index is 0.198. The molecule has 0 aromatic carbocycles. The average molecular weight is 358 g/mol. The number of unbranched alkanes of at least 4 members (excludes halogenated alkanes) is 12. The molecule has 0 saturated heterocycles. The number of rotatable bonds is 20. The molecule has 0 aromatic heterocycles. The largest absolute Gasteiger partial charge is 0.395 e. The zero-order valence-corrected chi connectivity index (χ0v) is 17.4. The van der Waals surface area contributed by atoms with Crippen LogP contribution in [-0.4, -0.2) is 47.5 Å². The number of aliphatic hydroxyl groups excluding tert-OH is 2. The summed E-state index contributed by atoms with van der Waals surface area (Å²) < 4.78 is 0. The number of nitrogens with zero attached hydrogens (tertiary/aromatic N) is 1. The van der Waals surface area contributed by atoms with Crippen molar-refractivity contribution in [1.29, 1.82) is 0 Å². The molecule has 0 aliphatic rings. The maximum atomic E-state index is 9.76. The van der Waals surface area contributed by atoms with Gasteiger partial charge in [0.1, 0.15) is 0 Å². The van der Waals surface area contributed by atoms with Gasteiger partial charge in [-0.05, 0) is 19.4 Å². The zero-order valence-electron chi connectivity index (χ0n) is 17.4. The molecule has 0 bridgehead atoms. The molecule has 1 unspecified atom stereocenters. The van der Waals surface area contributed by atoms with Crippen molar-refractivity contribution in [2.45, 2.75) is 116 Å². The summed E-state index contributed by atoms with van der Waals surface area (Å²) in [6, 6.07) is 0.239. The first-order valence-electron chi connectivity index (χ1n) is 11.3. The minimum Gasteiger partial charge on any atom is -0.395 e. The Bertz CT molecular complexity index is 248. The fourth-order valence-corrected chi connectivity index (χ4v) is 3.60. The first kappa shape index (κ1) is 24.9. The Balaban J connectivity index is 3.84. The Morgan fingerprint density at radius 2 is 1.08 bits per heavy atom. The van der Waals surface area contributed by atoms with E-state index in [0.717, 1.165) is 13.0 Å². The van der Waals surface area contributed by atoms with Crippen LogP contribution in [0.5, 0.6) is 0 Å². The van der Waals surface area contributed by atoms with Crippen LogP contribution in [-0.2, 0) is 0 Å². The first-order valence-corrected chi connectivity index (χ1v) is 11.3. The third-order valence-corrected chi connectivity index (χ3v) is 5.30. The lowest BCUT2D eigenvalue weighted by Gasteiger charge is -2.30. The first-order chi connectivity index (χ1) is 12.3. The van der Waals surface area contributed by atoms with Crippen molar-refractivity contribution in [2.24, 2.45) is 0 Å². The molecule has 152 valence electrons. The van der Waals surface area contributed by atoms with Crippen LogP contribution in [0.2, 0.25) is 0 Å². The molecular weight excluding hydrogens is 310 g/mol. The number of hydrogen-bond acceptors (Lipinski definition) is 3. The molecule has 0 saturated carbocycles. The lowest BCUT2D eigenvalue weighted by molar-refractivity contribution is 0.0926. The molecule has 0 rings (SSSR count). The Hall–Kier alpha value is -0.120. The molecule has 0 aliphatic carbocycles. The van der Waals surface area contributed by atoms with E-state index in [4.69, 9.17) is 0 Å². The van der Waals surface area contributed by atoms with Crippen molar-refractivity contribution in [3.8, 4) is 0 Å². The third kappa shape index (κ3) is 15.8. The standard InChI is InChI=1S/C22H47NO2/c1-3-5-7-9-11-12-14-16-18-23(19-20-24)22(21-25)17-15-13-10-8-6-4-2/h22,24-25H,3-21H2,1-2H3. The lowest BCUT2D eigenvalue weighted by Crippen LogP contribution is -2.40. The van der Waals surface area contributed by atoms with Crippen LogP contribution in [0.4, 0.5) is 0 Å². The maximum absolute atomic E-state index is 9.76. The van der Waals surface area contributed by atoms with Crippen molar-refractivity contribution < 1.29 is 10.2 Å². The fraction of sp³-hybridized carbons (Fsp3) is 1.00. The molecule has 0 amide bonds. The molecular formula is C22H47NO2. The van der Waals surface area contributed by atoms with Gasteiger partial charge >= 0.3 is 0 Å². The van der Waals surface area contributed by atoms with E-state index in [0.29, 0.717) is 6.54 Å². The molecule has 0 aromatic rings. The molecule has 1 atom stereocenters. The predicted molar refractivity (Wildman–Crippen MR) is 110 cm³/mol. The van der Waals surface area contributed by atoms with Crippen molar-refractivity contribution in [2.75, 3.05) is 26.3 Å². The molecule has 0 aliphatic heterocycles. The highest BCUT2D eigenvalue weighted by Crippen LogP contribution is 2.14. The smallest absolute Gasteiger partial charge is 0.0586 e. The van der Waals surface area contributed by atoms with Gasteiger partial charge < -0.3 is 10.2 Å². The van der Waals surface area contributed by atoms with Gasteiger partial charge in [0.05, 0.1) is 13.2 Å². The van der Waals surface area contributed by atoms with Crippen LogP contribution < -0.4 is 0 Å². The number of aliphatic hydroxyl groups is 2. The molecule has 0 heterocycles. The fourth-order valence-electron chi connectivity index (χ4n) is 3.60. The van der Waals surface area contributed by atoms with E-state index in [1.807, 2.05) is 0 Å². The van der Waals surface area contributed by atoms with Gasteiger partial charge in [0.15, 0.2) is 0 Å². The van der Waals surface area contributed by atoms with Crippen LogP contribution in [0.15, 0.2) is 0 Å². The van der Waals surface area contributed by atoms with Gasteiger partial charge in [-0.3, -0.25) is 4.90 Å². The van der Waals surface area contributed by atoms with Crippen LogP contribution >= 0.6 is 0 Å². The van der Waals surface area contributed by atoms with E-state index in [1.165, 1.54) is 89.9 Å². The topological polar surface area (TPSA) is 43.7 Å². The van der Waals surface area contributed by atoms with E-state index in [9.17, 15) is 10.2 Å². The number of hydrogen-bond donors (Lipinski definition) is 2. The van der Waals surface area contributed by atoms with Gasteiger partial charge in [-0.2, -0.15) is 0 Å². The van der Waals surface area contributed by atoms with Crippen molar-refractivity contribution in [3.63, 3.8) is 0 Å². The normalized spacial score (nSPS) is 12.8. The summed E-state index contributed by atoms with van der Waals surface area (Å²) in [4.78, 5) is 2.32. The Kier molecular flexibility index (Phi) is 20.1. The second kappa shape index (κ2) is 20.2. The summed E-state index contributed by atoms with van der Waals surface area (Å²) in [5, 5.41) is 19.1. The van der Waals surface area contributed by atoms with E-state index in [-0.39, 0.29) is 19.3 Å². The van der Waals surface area contributed by atoms with E-state index < -0.39 is 0 Å². The Morgan fingerprint density at radius 1 is 0.600 bits per heavy atom. The van der Waals surface area contributed by atoms with Gasteiger partial charge in [0.2, 0.25) is 0 Å². The molecule has 0 radical (unpaired) electrons. The molecule has 3 heteroatoms. The third-order valence-electron chi connectivity index (χ3n) is 5.30. The van der Waals surface area contributed by atoms with Crippen molar-refractivity contribution in [1.82, 2.24) is 4.90 Å². The minimum absolute atomic E-state index is 0.198. The average Bonchev–Trinajstić information content (AvgIpc) is 2.63. The zero-order chi connectivity index (χ0) is 18.6. The molecule has 25 heavy (non-hydrogen) atoms. The van der Waals surface area contributed by atoms with Gasteiger partial charge in [-0.25, -0.2) is 0 Å². The lowest BCUT2D eigenvalue weighted by atomic mass is 10.0. The second-order valence-corrected chi connectivity index (χ2v) is 7.63. The summed E-state index contributed by atoms with van der Waals surface area (Å²) in [7, 11) is 0. The van der Waals surface area contributed by atoms with Gasteiger partial charge in [-0.15, -0.1) is 0 Å². The summed E-state index contributed by atoms with van der Waals surface area (Å²) in [6.45, 7) is 6.67. The van der Waals surface area contributed by atoms with Crippen molar-refractivity contribution in [3.05, 3.63) is 0 Å². The van der Waals surface area contributed by atoms with Crippen molar-refractivity contribution >= 4 is 0 Å². The van der Waals surface area contributed by atoms with E-state index in [2.05, 4.69) is 18.7 Å². The van der Waals surface area contributed by atoms with Gasteiger partial charge in [0, 0.05) is 12.6 Å². The monoisotopic (exact) mass is 357 g/mol. The Labute approximate surface area is 158 Å². The quantitative estimate of drug-likeness (QED) is 0.281. The van der Waals surface area contributed by atoms with Gasteiger partial charge in [0.25, 0.3) is 0 Å². The summed E-state index contributed by atoms with van der Waals surface area (Å²) >= 11 is 0. The summed E-state index contributed by atoms with van der Waals surface area (Å²) in [5.74, 6) is 0. The predicted octanol–water partition coefficient (Wildman–Crippen LogP) is 5.53. The van der Waals surface area contributed by atoms with Crippen LogP contribution in [0.25, 0.3) is 0 Å². The molecule has 0 spiro atoms. The van der Waals surface area contributed by atoms with Crippen LogP contribution in [0.3, 0.4) is 0 Å². The highest BCUT2D eigenvalue weighted by molar-refractivity contribution is 4.71. The molecule has 2 N–H and O–H groups in total. The highest BCUT2D eigenvalue weighted by Gasteiger charge is 2.16. The second-order valence-electron chi connectivity index (χ2n) is 7.63. The molecule has 0 fully saturated rings. The Morgan fingerprint density at radius 3 is 1.56 bits per heavy atom. The molecule has 3 nitrogen and oxygen atoms in total. The SMILES string of the molecule is CCCCCCCCCCN(CCO)C(CO)CCCCCCCC. The van der Waals surface area contributed by atoms with Crippen LogP contribution in [0, 0.1) is 0 Å².